The molecule has 1 aliphatic heterocycles. The van der Waals surface area contributed by atoms with Crippen LogP contribution in [0.1, 0.15) is 26.7 Å². The molecule has 2 N–H and O–H groups in total. The molecule has 22 heavy (non-hydrogen) atoms. The van der Waals surface area contributed by atoms with Crippen molar-refractivity contribution in [2.75, 3.05) is 18.4 Å². The molecule has 0 bridgehead atoms. The zero-order valence-electron chi connectivity index (χ0n) is 12.9. The second kappa shape index (κ2) is 7.15. The Balaban J connectivity index is 1.91. The molecule has 1 fully saturated rings. The number of hydrogen-bond acceptors (Lipinski definition) is 3. The first-order valence-electron chi connectivity index (χ1n) is 7.56. The zero-order chi connectivity index (χ0) is 16.3. The number of likely N-dealkylation sites (tertiary alicyclic amines) is 1. The number of carbonyl (C=O) groups is 1. The number of piperidine rings is 1. The van der Waals surface area contributed by atoms with Gasteiger partial charge in [0.05, 0.1) is 12.1 Å². The summed E-state index contributed by atoms with van der Waals surface area (Å²) in [6.45, 7) is 5.06. The smallest absolute Gasteiger partial charge is 0.241 e. The van der Waals surface area contributed by atoms with Crippen molar-refractivity contribution in [1.82, 2.24) is 4.90 Å². The molecule has 1 amide bonds. The molecule has 2 atom stereocenters. The lowest BCUT2D eigenvalue weighted by Gasteiger charge is -2.36. The molecule has 6 heteroatoms. The van der Waals surface area contributed by atoms with E-state index in [2.05, 4.69) is 5.32 Å². The molecule has 0 spiro atoms. The van der Waals surface area contributed by atoms with Gasteiger partial charge in [0.15, 0.2) is 11.6 Å². The van der Waals surface area contributed by atoms with Crippen LogP contribution in [0.3, 0.4) is 0 Å². The lowest BCUT2D eigenvalue weighted by atomic mass is 9.91. The summed E-state index contributed by atoms with van der Waals surface area (Å²) in [5.74, 6) is -1.89. The number of nitrogens with one attached hydrogen (secondary N) is 1. The van der Waals surface area contributed by atoms with Crippen molar-refractivity contribution >= 4 is 11.6 Å². The number of benzene rings is 1. The van der Waals surface area contributed by atoms with Gasteiger partial charge in [-0.15, -0.1) is 0 Å². The maximum absolute atomic E-state index is 13.1. The molecular formula is C16H22F2N2O2. The van der Waals surface area contributed by atoms with Crippen LogP contribution in [-0.2, 0) is 4.79 Å². The van der Waals surface area contributed by atoms with Crippen LogP contribution in [0, 0.1) is 17.6 Å². The van der Waals surface area contributed by atoms with Crippen LogP contribution in [0.4, 0.5) is 14.5 Å². The Morgan fingerprint density at radius 1 is 1.27 bits per heavy atom. The van der Waals surface area contributed by atoms with E-state index in [-0.39, 0.29) is 29.7 Å². The van der Waals surface area contributed by atoms with Crippen LogP contribution < -0.4 is 5.32 Å². The van der Waals surface area contributed by atoms with Gasteiger partial charge in [-0.25, -0.2) is 8.78 Å². The molecule has 1 heterocycles. The van der Waals surface area contributed by atoms with E-state index in [4.69, 9.17) is 0 Å². The Morgan fingerprint density at radius 2 is 1.91 bits per heavy atom. The van der Waals surface area contributed by atoms with Crippen LogP contribution in [0.15, 0.2) is 18.2 Å². The van der Waals surface area contributed by atoms with Crippen molar-refractivity contribution in [3.05, 3.63) is 29.8 Å². The highest BCUT2D eigenvalue weighted by molar-refractivity contribution is 5.94. The van der Waals surface area contributed by atoms with Crippen LogP contribution in [-0.4, -0.2) is 41.1 Å². The molecule has 122 valence electrons. The number of nitrogens with zero attached hydrogens (tertiary/aromatic N) is 1. The van der Waals surface area contributed by atoms with Gasteiger partial charge in [-0.3, -0.25) is 9.69 Å². The van der Waals surface area contributed by atoms with E-state index < -0.39 is 11.6 Å². The SMILES string of the molecule is CC(O)C1CCN(C(C)C(=O)Nc2ccc(F)c(F)c2)CC1. The summed E-state index contributed by atoms with van der Waals surface area (Å²) in [4.78, 5) is 14.2. The van der Waals surface area contributed by atoms with Gasteiger partial charge < -0.3 is 10.4 Å². The van der Waals surface area contributed by atoms with Gasteiger partial charge in [-0.1, -0.05) is 0 Å². The first kappa shape index (κ1) is 16.8. The van der Waals surface area contributed by atoms with Crippen LogP contribution in [0.5, 0.6) is 0 Å². The fourth-order valence-electron chi connectivity index (χ4n) is 2.78. The van der Waals surface area contributed by atoms with Gasteiger partial charge in [0, 0.05) is 11.8 Å². The van der Waals surface area contributed by atoms with E-state index in [1.54, 1.807) is 13.8 Å². The Kier molecular flexibility index (Phi) is 5.47. The number of halogens is 2. The predicted octanol–water partition coefficient (Wildman–Crippen LogP) is 2.38. The predicted molar refractivity (Wildman–Crippen MR) is 80.4 cm³/mol. The van der Waals surface area contributed by atoms with Crippen molar-refractivity contribution in [2.45, 2.75) is 38.8 Å². The second-order valence-corrected chi connectivity index (χ2v) is 5.91. The fourth-order valence-corrected chi connectivity index (χ4v) is 2.78. The Bertz CT molecular complexity index is 529. The van der Waals surface area contributed by atoms with Crippen LogP contribution >= 0.6 is 0 Å². The Morgan fingerprint density at radius 3 is 2.45 bits per heavy atom. The van der Waals surface area contributed by atoms with Gasteiger partial charge in [0.25, 0.3) is 0 Å². The lowest BCUT2D eigenvalue weighted by Crippen LogP contribution is -2.47. The number of amides is 1. The van der Waals surface area contributed by atoms with E-state index >= 15 is 0 Å². The summed E-state index contributed by atoms with van der Waals surface area (Å²) in [7, 11) is 0. The van der Waals surface area contributed by atoms with E-state index in [0.29, 0.717) is 0 Å². The van der Waals surface area contributed by atoms with Gasteiger partial charge in [-0.2, -0.15) is 0 Å². The third-order valence-corrected chi connectivity index (χ3v) is 4.37. The number of aliphatic hydroxyl groups excluding tert-OH is 1. The quantitative estimate of drug-likeness (QED) is 0.897. The first-order chi connectivity index (χ1) is 10.4. The normalized spacial score (nSPS) is 19.7. The minimum atomic E-state index is -0.983. The molecule has 0 radical (unpaired) electrons. The highest BCUT2D eigenvalue weighted by Gasteiger charge is 2.28. The van der Waals surface area contributed by atoms with Crippen LogP contribution in [0.25, 0.3) is 0 Å². The van der Waals surface area contributed by atoms with Crippen molar-refractivity contribution in [3.8, 4) is 0 Å². The summed E-state index contributed by atoms with van der Waals surface area (Å²) in [6.07, 6.45) is 1.37. The molecule has 0 saturated carbocycles. The maximum atomic E-state index is 13.1. The van der Waals surface area contributed by atoms with Crippen molar-refractivity contribution in [3.63, 3.8) is 0 Å². The zero-order valence-corrected chi connectivity index (χ0v) is 12.9. The fraction of sp³-hybridized carbons (Fsp3) is 0.562. The molecular weight excluding hydrogens is 290 g/mol. The summed E-state index contributed by atoms with van der Waals surface area (Å²) in [6, 6.07) is 2.94. The van der Waals surface area contributed by atoms with Crippen molar-refractivity contribution in [1.29, 1.82) is 0 Å². The molecule has 1 aromatic carbocycles. The summed E-state index contributed by atoms with van der Waals surface area (Å²) >= 11 is 0. The molecule has 2 unspecified atom stereocenters. The lowest BCUT2D eigenvalue weighted by molar-refractivity contribution is -0.121. The first-order valence-corrected chi connectivity index (χ1v) is 7.56. The molecule has 2 rings (SSSR count). The maximum Gasteiger partial charge on any atom is 0.241 e. The van der Waals surface area contributed by atoms with Crippen LogP contribution in [0.2, 0.25) is 0 Å². The van der Waals surface area contributed by atoms with Gasteiger partial charge in [0.1, 0.15) is 0 Å². The van der Waals surface area contributed by atoms with Crippen molar-refractivity contribution in [2.24, 2.45) is 5.92 Å². The largest absolute Gasteiger partial charge is 0.393 e. The van der Waals surface area contributed by atoms with E-state index in [1.165, 1.54) is 6.07 Å². The molecule has 1 aliphatic rings. The molecule has 0 aliphatic carbocycles. The monoisotopic (exact) mass is 312 g/mol. The Hall–Kier alpha value is -1.53. The minimum absolute atomic E-state index is 0.245. The topological polar surface area (TPSA) is 52.6 Å². The number of carbonyl (C=O) groups excluding carboxylic acids is 1. The third-order valence-electron chi connectivity index (χ3n) is 4.37. The molecule has 0 aromatic heterocycles. The number of hydrogen-bond donors (Lipinski definition) is 2. The van der Waals surface area contributed by atoms with Gasteiger partial charge in [-0.05, 0) is 57.8 Å². The summed E-state index contributed by atoms with van der Waals surface area (Å²) < 4.78 is 26.0. The molecule has 1 saturated heterocycles. The second-order valence-electron chi connectivity index (χ2n) is 5.91. The van der Waals surface area contributed by atoms with E-state index in [1.807, 2.05) is 4.90 Å². The third kappa shape index (κ3) is 4.01. The van der Waals surface area contributed by atoms with Gasteiger partial charge in [0.2, 0.25) is 5.91 Å². The minimum Gasteiger partial charge on any atom is -0.393 e. The summed E-state index contributed by atoms with van der Waals surface area (Å²) in [5.41, 5.74) is 0.245. The highest BCUT2D eigenvalue weighted by Crippen LogP contribution is 2.22. The molecule has 1 aromatic rings. The van der Waals surface area contributed by atoms with Gasteiger partial charge >= 0.3 is 0 Å². The standard InChI is InChI=1S/C16H22F2N2O2/c1-10(20-7-5-12(6-8-20)11(2)21)16(22)19-13-3-4-14(17)15(18)9-13/h3-4,9-12,21H,5-8H2,1-2H3,(H,19,22). The van der Waals surface area contributed by atoms with E-state index in [0.717, 1.165) is 38.1 Å². The average Bonchev–Trinajstić information content (AvgIpc) is 2.50. The number of anilines is 1. The van der Waals surface area contributed by atoms with E-state index in [9.17, 15) is 18.7 Å². The number of aliphatic hydroxyl groups is 1. The average molecular weight is 312 g/mol. The highest BCUT2D eigenvalue weighted by atomic mass is 19.2. The number of rotatable bonds is 4. The summed E-state index contributed by atoms with van der Waals surface area (Å²) in [5, 5.41) is 12.2. The Labute approximate surface area is 129 Å². The van der Waals surface area contributed by atoms with Crippen molar-refractivity contribution < 1.29 is 18.7 Å². The molecule has 4 nitrogen and oxygen atoms in total.